The lowest BCUT2D eigenvalue weighted by Gasteiger charge is -2.12. The summed E-state index contributed by atoms with van der Waals surface area (Å²) in [6, 6.07) is 4.71. The van der Waals surface area contributed by atoms with Crippen LogP contribution in [0, 0.1) is 4.77 Å². The average Bonchev–Trinajstić information content (AvgIpc) is 2.95. The van der Waals surface area contributed by atoms with Gasteiger partial charge >= 0.3 is 0 Å². The summed E-state index contributed by atoms with van der Waals surface area (Å²) in [7, 11) is 0. The lowest BCUT2D eigenvalue weighted by atomic mass is 10.2. The van der Waals surface area contributed by atoms with Crippen molar-refractivity contribution in [3.05, 3.63) is 66.8 Å². The van der Waals surface area contributed by atoms with E-state index >= 15 is 0 Å². The predicted octanol–water partition coefficient (Wildman–Crippen LogP) is 3.89. The zero-order chi connectivity index (χ0) is 16.6. The average molecular weight is 366 g/mol. The van der Waals surface area contributed by atoms with Crippen molar-refractivity contribution in [3.8, 4) is 11.6 Å². The standard InChI is InChI=1S/C15H9Cl2N3O2S/c16-8-4-9(17)6-11(5-8)20-14(22)12(13(21)19-15(20)23)7-10-2-1-3-18-10/h1-7,22H,(H,19,21,23)/b10-7-. The summed E-state index contributed by atoms with van der Waals surface area (Å²) in [4.78, 5) is 18.7. The van der Waals surface area contributed by atoms with Gasteiger partial charge in [-0.15, -0.1) is 0 Å². The van der Waals surface area contributed by atoms with E-state index in [1.165, 1.54) is 10.6 Å². The number of aromatic nitrogens is 2. The molecular weight excluding hydrogens is 357 g/mol. The molecule has 0 saturated heterocycles. The molecule has 0 radical (unpaired) electrons. The highest BCUT2D eigenvalue weighted by atomic mass is 35.5. The van der Waals surface area contributed by atoms with Gasteiger partial charge in [0.05, 0.1) is 11.4 Å². The van der Waals surface area contributed by atoms with E-state index in [0.29, 0.717) is 21.4 Å². The molecule has 0 bridgehead atoms. The van der Waals surface area contributed by atoms with Crippen LogP contribution in [0.3, 0.4) is 0 Å². The van der Waals surface area contributed by atoms with E-state index < -0.39 is 5.56 Å². The van der Waals surface area contributed by atoms with Crippen LogP contribution in [0.5, 0.6) is 5.88 Å². The van der Waals surface area contributed by atoms with Crippen molar-refractivity contribution < 1.29 is 5.11 Å². The zero-order valence-electron chi connectivity index (χ0n) is 11.5. The molecule has 2 N–H and O–H groups in total. The molecule has 8 heteroatoms. The highest BCUT2D eigenvalue weighted by molar-refractivity contribution is 7.71. The summed E-state index contributed by atoms with van der Waals surface area (Å²) in [5.41, 5.74) is 0.498. The Morgan fingerprint density at radius 2 is 1.96 bits per heavy atom. The van der Waals surface area contributed by atoms with Gasteiger partial charge in [-0.05, 0) is 48.6 Å². The summed E-state index contributed by atoms with van der Waals surface area (Å²) in [6.45, 7) is 0. The predicted molar refractivity (Wildman–Crippen MR) is 94.5 cm³/mol. The first-order valence-corrected chi connectivity index (χ1v) is 7.59. The van der Waals surface area contributed by atoms with Crippen molar-refractivity contribution in [1.82, 2.24) is 9.55 Å². The molecule has 116 valence electrons. The molecule has 2 heterocycles. The fraction of sp³-hybridized carbons (Fsp3) is 0. The van der Waals surface area contributed by atoms with Crippen molar-refractivity contribution in [2.24, 2.45) is 4.99 Å². The first kappa shape index (κ1) is 15.7. The fourth-order valence-corrected chi connectivity index (χ4v) is 2.92. The Morgan fingerprint density at radius 3 is 2.57 bits per heavy atom. The number of aromatic hydroxyl groups is 1. The minimum absolute atomic E-state index is 0.0263. The number of hydrogen-bond donors (Lipinski definition) is 2. The molecule has 0 unspecified atom stereocenters. The van der Waals surface area contributed by atoms with Gasteiger partial charge in [-0.1, -0.05) is 23.2 Å². The first-order valence-electron chi connectivity index (χ1n) is 6.43. The first-order chi connectivity index (χ1) is 11.0. The van der Waals surface area contributed by atoms with Crippen molar-refractivity contribution in [2.45, 2.75) is 0 Å². The van der Waals surface area contributed by atoms with Gasteiger partial charge in [-0.25, -0.2) is 0 Å². The van der Waals surface area contributed by atoms with Crippen LogP contribution < -0.4 is 5.56 Å². The summed E-state index contributed by atoms with van der Waals surface area (Å²) in [5, 5.41) is 11.3. The Hall–Kier alpha value is -2.15. The molecule has 0 spiro atoms. The van der Waals surface area contributed by atoms with E-state index in [4.69, 9.17) is 35.4 Å². The summed E-state index contributed by atoms with van der Waals surface area (Å²) in [6.07, 6.45) is 6.49. The van der Waals surface area contributed by atoms with E-state index in [1.54, 1.807) is 36.6 Å². The Kier molecular flexibility index (Phi) is 4.21. The number of hydrogen-bond acceptors (Lipinski definition) is 4. The van der Waals surface area contributed by atoms with Crippen molar-refractivity contribution >= 4 is 47.7 Å². The summed E-state index contributed by atoms with van der Waals surface area (Å²) >= 11 is 17.1. The zero-order valence-corrected chi connectivity index (χ0v) is 13.8. The van der Waals surface area contributed by atoms with Crippen LogP contribution in [0.1, 0.15) is 5.56 Å². The normalized spacial score (nSPS) is 14.8. The molecule has 0 amide bonds. The number of nitrogens with one attached hydrogen (secondary N) is 1. The topological polar surface area (TPSA) is 70.4 Å². The van der Waals surface area contributed by atoms with Gasteiger partial charge in [0, 0.05) is 16.3 Å². The van der Waals surface area contributed by atoms with Gasteiger partial charge in [0.15, 0.2) is 4.77 Å². The van der Waals surface area contributed by atoms with Crippen molar-refractivity contribution in [2.75, 3.05) is 0 Å². The Labute approximate surface area is 145 Å². The molecule has 0 fully saturated rings. The number of rotatable bonds is 2. The molecule has 2 aromatic rings. The number of benzene rings is 1. The van der Waals surface area contributed by atoms with Crippen LogP contribution >= 0.6 is 35.4 Å². The van der Waals surface area contributed by atoms with Crippen LogP contribution in [0.4, 0.5) is 0 Å². The monoisotopic (exact) mass is 365 g/mol. The van der Waals surface area contributed by atoms with Gasteiger partial charge in [0.1, 0.15) is 5.56 Å². The van der Waals surface area contributed by atoms with E-state index in [9.17, 15) is 9.90 Å². The Balaban J connectivity index is 2.28. The molecule has 1 aromatic carbocycles. The number of aliphatic imine (C=N–C) groups is 1. The van der Waals surface area contributed by atoms with E-state index in [0.717, 1.165) is 0 Å². The molecule has 23 heavy (non-hydrogen) atoms. The molecule has 0 atom stereocenters. The molecule has 0 saturated carbocycles. The molecule has 1 aromatic heterocycles. The smallest absolute Gasteiger partial charge is 0.262 e. The van der Waals surface area contributed by atoms with Crippen LogP contribution in [-0.4, -0.2) is 20.9 Å². The Morgan fingerprint density at radius 1 is 1.26 bits per heavy atom. The second kappa shape index (κ2) is 6.16. The molecule has 1 aliphatic rings. The lowest BCUT2D eigenvalue weighted by Crippen LogP contribution is -2.16. The lowest BCUT2D eigenvalue weighted by molar-refractivity contribution is 0.432. The molecule has 5 nitrogen and oxygen atoms in total. The SMILES string of the molecule is O=c1[nH]c(=S)n(-c2cc(Cl)cc(Cl)c2)c(O)c1/C=C1/C=CC=N1. The maximum Gasteiger partial charge on any atom is 0.262 e. The summed E-state index contributed by atoms with van der Waals surface area (Å²) < 4.78 is 1.31. The number of aromatic amines is 1. The van der Waals surface area contributed by atoms with Crippen LogP contribution in [0.2, 0.25) is 10.0 Å². The van der Waals surface area contributed by atoms with Gasteiger partial charge in [0.2, 0.25) is 5.88 Å². The van der Waals surface area contributed by atoms with Crippen LogP contribution in [0.25, 0.3) is 11.8 Å². The van der Waals surface area contributed by atoms with Crippen LogP contribution in [0.15, 0.2) is 45.8 Å². The van der Waals surface area contributed by atoms with E-state index in [-0.39, 0.29) is 16.2 Å². The third-order valence-electron chi connectivity index (χ3n) is 3.10. The fourth-order valence-electron chi connectivity index (χ4n) is 2.12. The third-order valence-corrected chi connectivity index (χ3v) is 3.82. The van der Waals surface area contributed by atoms with Gasteiger partial charge in [-0.2, -0.15) is 0 Å². The maximum atomic E-state index is 12.1. The molecule has 1 aliphatic heterocycles. The molecule has 0 aliphatic carbocycles. The van der Waals surface area contributed by atoms with E-state index in [1.807, 2.05) is 0 Å². The maximum absolute atomic E-state index is 12.1. The highest BCUT2D eigenvalue weighted by Crippen LogP contribution is 2.27. The van der Waals surface area contributed by atoms with Gasteiger partial charge in [0.25, 0.3) is 5.56 Å². The van der Waals surface area contributed by atoms with Gasteiger partial charge in [-0.3, -0.25) is 19.3 Å². The second-order valence-electron chi connectivity index (χ2n) is 4.67. The largest absolute Gasteiger partial charge is 0.494 e. The second-order valence-corrected chi connectivity index (χ2v) is 5.93. The third kappa shape index (κ3) is 3.14. The number of halogens is 2. The molecular formula is C15H9Cl2N3O2S. The Bertz CT molecular complexity index is 969. The van der Waals surface area contributed by atoms with Crippen molar-refractivity contribution in [3.63, 3.8) is 0 Å². The number of H-pyrrole nitrogens is 1. The van der Waals surface area contributed by atoms with E-state index in [2.05, 4.69) is 9.98 Å². The number of nitrogens with zero attached hydrogens (tertiary/aromatic N) is 2. The summed E-state index contributed by atoms with van der Waals surface area (Å²) in [5.74, 6) is -0.319. The number of allylic oxidation sites excluding steroid dienone is 2. The van der Waals surface area contributed by atoms with Crippen LogP contribution in [-0.2, 0) is 0 Å². The van der Waals surface area contributed by atoms with Gasteiger partial charge < -0.3 is 5.11 Å². The molecule has 3 rings (SSSR count). The minimum Gasteiger partial charge on any atom is -0.494 e. The highest BCUT2D eigenvalue weighted by Gasteiger charge is 2.14. The van der Waals surface area contributed by atoms with Crippen molar-refractivity contribution in [1.29, 1.82) is 0 Å². The quantitative estimate of drug-likeness (QED) is 0.793. The minimum atomic E-state index is -0.514.